The Kier molecular flexibility index (Phi) is 9.63. The van der Waals surface area contributed by atoms with E-state index in [4.69, 9.17) is 14.2 Å². The summed E-state index contributed by atoms with van der Waals surface area (Å²) in [7, 11) is 0. The fourth-order valence-corrected chi connectivity index (χ4v) is 4.02. The molecule has 0 bridgehead atoms. The molecule has 0 aromatic heterocycles. The molecule has 12 heteroatoms. The molecule has 12 nitrogen and oxygen atoms in total. The average Bonchev–Trinajstić information content (AvgIpc) is 3.05. The number of carbonyl (C=O) groups is 3. The van der Waals surface area contributed by atoms with Gasteiger partial charge in [-0.1, -0.05) is 6.07 Å². The van der Waals surface area contributed by atoms with Crippen LogP contribution in [0.1, 0.15) is 54.3 Å². The number of amides is 3. The predicted molar refractivity (Wildman–Crippen MR) is 129 cm³/mol. The van der Waals surface area contributed by atoms with Crippen molar-refractivity contribution in [1.82, 2.24) is 15.5 Å². The summed E-state index contributed by atoms with van der Waals surface area (Å²) < 4.78 is 15.9. The summed E-state index contributed by atoms with van der Waals surface area (Å²) in [6.45, 7) is 7.39. The predicted octanol–water partition coefficient (Wildman–Crippen LogP) is 0.641. The molecule has 2 aliphatic rings. The van der Waals surface area contributed by atoms with E-state index >= 15 is 0 Å². The highest BCUT2D eigenvalue weighted by Gasteiger charge is 2.45. The summed E-state index contributed by atoms with van der Waals surface area (Å²) in [6, 6.07) is 4.23. The molecule has 0 radical (unpaired) electrons. The van der Waals surface area contributed by atoms with Gasteiger partial charge in [0.15, 0.2) is 0 Å². The Morgan fingerprint density at radius 1 is 1.06 bits per heavy atom. The Morgan fingerprint density at radius 2 is 1.75 bits per heavy atom. The van der Waals surface area contributed by atoms with Crippen LogP contribution >= 0.6 is 0 Å². The summed E-state index contributed by atoms with van der Waals surface area (Å²) in [4.78, 5) is 38.6. The Bertz CT molecular complexity index is 935. The maximum Gasteiger partial charge on any atom is 0.407 e. The van der Waals surface area contributed by atoms with E-state index in [9.17, 15) is 24.6 Å². The minimum absolute atomic E-state index is 0.140. The fraction of sp³-hybridized carbons (Fsp3) is 0.625. The number of piperidine rings is 1. The number of aliphatic hydroxyl groups excluding tert-OH is 2. The van der Waals surface area contributed by atoms with Gasteiger partial charge in [0.05, 0.1) is 43.6 Å². The minimum atomic E-state index is -1.20. The van der Waals surface area contributed by atoms with Gasteiger partial charge in [0, 0.05) is 17.8 Å². The van der Waals surface area contributed by atoms with Gasteiger partial charge < -0.3 is 35.1 Å². The minimum Gasteiger partial charge on any atom is -0.447 e. The quantitative estimate of drug-likeness (QED) is 0.212. The highest BCUT2D eigenvalue weighted by Crippen LogP contribution is 2.33. The van der Waals surface area contributed by atoms with Crippen LogP contribution in [0, 0.1) is 0 Å². The van der Waals surface area contributed by atoms with E-state index in [0.717, 1.165) is 4.90 Å². The summed E-state index contributed by atoms with van der Waals surface area (Å²) in [5.41, 5.74) is 0.690. The number of carbonyl (C=O) groups excluding carboxylic acids is 3. The first kappa shape index (κ1) is 27.8. The smallest absolute Gasteiger partial charge is 0.407 e. The maximum atomic E-state index is 13.1. The summed E-state index contributed by atoms with van der Waals surface area (Å²) >= 11 is 0. The van der Waals surface area contributed by atoms with E-state index in [0.29, 0.717) is 44.9 Å². The molecule has 5 N–H and O–H groups in total. The van der Waals surface area contributed by atoms with Crippen molar-refractivity contribution in [3.63, 3.8) is 0 Å². The standard InChI is InChI=1S/C24H36N4O8/c1-24(2,3)27-23(33)36-14-13-35-12-11-34-10-9-25-16-6-4-5-15-19(16)22(32)28(21(15)31)17-7-8-18(29)26-20(17)30/h4-6,17-18,20,25-26,29-30H,7-14H2,1-3H3,(H,27,33). The molecule has 3 rings (SSSR count). The molecule has 1 aromatic rings. The van der Waals surface area contributed by atoms with E-state index in [-0.39, 0.29) is 29.9 Å². The van der Waals surface area contributed by atoms with Gasteiger partial charge in [-0.25, -0.2) is 4.79 Å². The first-order valence-corrected chi connectivity index (χ1v) is 12.1. The Morgan fingerprint density at radius 3 is 2.44 bits per heavy atom. The summed E-state index contributed by atoms with van der Waals surface area (Å²) in [5, 5.41) is 28.3. The molecule has 2 heterocycles. The van der Waals surface area contributed by atoms with Crippen LogP contribution in [0.25, 0.3) is 0 Å². The molecule has 0 saturated carbocycles. The monoisotopic (exact) mass is 508 g/mol. The molecule has 2 aliphatic heterocycles. The molecule has 36 heavy (non-hydrogen) atoms. The van der Waals surface area contributed by atoms with Crippen molar-refractivity contribution in [3.05, 3.63) is 29.3 Å². The molecule has 0 spiro atoms. The third kappa shape index (κ3) is 7.37. The number of alkyl carbamates (subject to hydrolysis) is 1. The lowest BCUT2D eigenvalue weighted by molar-refractivity contribution is -0.0413. The number of ether oxygens (including phenoxy) is 3. The molecular formula is C24H36N4O8. The third-order valence-electron chi connectivity index (χ3n) is 5.61. The van der Waals surface area contributed by atoms with E-state index in [1.54, 1.807) is 18.2 Å². The van der Waals surface area contributed by atoms with Gasteiger partial charge in [0.2, 0.25) is 0 Å². The molecule has 1 fully saturated rings. The van der Waals surface area contributed by atoms with Crippen molar-refractivity contribution in [2.45, 2.75) is 57.6 Å². The molecule has 3 unspecified atom stereocenters. The fourth-order valence-electron chi connectivity index (χ4n) is 4.02. The lowest BCUT2D eigenvalue weighted by Crippen LogP contribution is -2.58. The van der Waals surface area contributed by atoms with Gasteiger partial charge >= 0.3 is 6.09 Å². The topological polar surface area (TPSA) is 159 Å². The van der Waals surface area contributed by atoms with Gasteiger partial charge in [0.1, 0.15) is 19.1 Å². The highest BCUT2D eigenvalue weighted by atomic mass is 16.6. The second-order valence-electron chi connectivity index (χ2n) is 9.64. The number of aliphatic hydroxyl groups is 2. The van der Waals surface area contributed by atoms with Crippen molar-refractivity contribution in [2.75, 3.05) is 44.9 Å². The van der Waals surface area contributed by atoms with Crippen molar-refractivity contribution < 1.29 is 38.8 Å². The van der Waals surface area contributed by atoms with Gasteiger partial charge in [-0.15, -0.1) is 0 Å². The third-order valence-corrected chi connectivity index (χ3v) is 5.61. The van der Waals surface area contributed by atoms with Gasteiger partial charge in [0.25, 0.3) is 11.8 Å². The summed E-state index contributed by atoms with van der Waals surface area (Å²) in [6.07, 6.45) is -1.94. The van der Waals surface area contributed by atoms with Crippen molar-refractivity contribution in [2.24, 2.45) is 0 Å². The lowest BCUT2D eigenvalue weighted by Gasteiger charge is -2.36. The molecule has 3 amide bonds. The number of anilines is 1. The number of benzene rings is 1. The van der Waals surface area contributed by atoms with Crippen LogP contribution in [-0.2, 0) is 14.2 Å². The molecule has 1 aromatic carbocycles. The number of rotatable bonds is 11. The Balaban J connectivity index is 1.37. The van der Waals surface area contributed by atoms with Crippen molar-refractivity contribution in [1.29, 1.82) is 0 Å². The van der Waals surface area contributed by atoms with Crippen LogP contribution in [0.3, 0.4) is 0 Å². The molecule has 3 atom stereocenters. The van der Waals surface area contributed by atoms with Crippen LogP contribution in [0.2, 0.25) is 0 Å². The molecule has 1 saturated heterocycles. The number of hydrogen-bond donors (Lipinski definition) is 5. The zero-order valence-electron chi connectivity index (χ0n) is 20.9. The second-order valence-corrected chi connectivity index (χ2v) is 9.64. The highest BCUT2D eigenvalue weighted by molar-refractivity contribution is 6.24. The van der Waals surface area contributed by atoms with Crippen molar-refractivity contribution in [3.8, 4) is 0 Å². The van der Waals surface area contributed by atoms with Crippen LogP contribution < -0.4 is 16.0 Å². The van der Waals surface area contributed by atoms with E-state index in [1.165, 1.54) is 0 Å². The number of hydrogen-bond acceptors (Lipinski definition) is 10. The lowest BCUT2D eigenvalue weighted by atomic mass is 10.0. The number of nitrogens with zero attached hydrogens (tertiary/aromatic N) is 1. The largest absolute Gasteiger partial charge is 0.447 e. The number of fused-ring (bicyclic) bond motifs is 1. The Hall–Kier alpha value is -2.77. The first-order valence-electron chi connectivity index (χ1n) is 12.1. The van der Waals surface area contributed by atoms with E-state index < -0.39 is 36.4 Å². The van der Waals surface area contributed by atoms with Gasteiger partial charge in [-0.05, 0) is 45.7 Å². The van der Waals surface area contributed by atoms with Crippen LogP contribution in [0.15, 0.2) is 18.2 Å². The van der Waals surface area contributed by atoms with E-state index in [2.05, 4.69) is 16.0 Å². The van der Waals surface area contributed by atoms with Gasteiger partial charge in [-0.2, -0.15) is 0 Å². The normalized spacial score (nSPS) is 21.9. The average molecular weight is 509 g/mol. The summed E-state index contributed by atoms with van der Waals surface area (Å²) in [5.74, 6) is -0.942. The zero-order chi connectivity index (χ0) is 26.3. The Labute approximate surface area is 210 Å². The van der Waals surface area contributed by atoms with Crippen LogP contribution in [0.4, 0.5) is 10.5 Å². The van der Waals surface area contributed by atoms with E-state index in [1.807, 2.05) is 20.8 Å². The van der Waals surface area contributed by atoms with Gasteiger partial charge in [-0.3, -0.25) is 19.8 Å². The molecule has 0 aliphatic carbocycles. The second kappa shape index (κ2) is 12.5. The SMILES string of the molecule is CC(C)(C)NC(=O)OCCOCCOCCNc1cccc2c1C(=O)N(C1CCC(O)NC1O)C2=O. The maximum absolute atomic E-state index is 13.1. The molecule has 200 valence electrons. The first-order chi connectivity index (χ1) is 17.1. The number of nitrogens with one attached hydrogen (secondary N) is 3. The van der Waals surface area contributed by atoms with Crippen LogP contribution in [0.5, 0.6) is 0 Å². The van der Waals surface area contributed by atoms with Crippen LogP contribution in [-0.4, -0.2) is 96.6 Å². The number of imide groups is 1. The zero-order valence-corrected chi connectivity index (χ0v) is 20.9. The molecular weight excluding hydrogens is 472 g/mol. The van der Waals surface area contributed by atoms with Crippen molar-refractivity contribution >= 4 is 23.6 Å².